The maximum Gasteiger partial charge on any atom is 0.253 e. The molecule has 2 saturated heterocycles. The number of hydrogen-bond donors (Lipinski definition) is 0. The summed E-state index contributed by atoms with van der Waals surface area (Å²) in [4.78, 5) is 14.8. The highest BCUT2D eigenvalue weighted by Crippen LogP contribution is 2.39. The predicted octanol–water partition coefficient (Wildman–Crippen LogP) is 2.67. The molecule has 0 aliphatic carbocycles. The molecule has 1 spiro atoms. The second-order valence-corrected chi connectivity index (χ2v) is 9.35. The van der Waals surface area contributed by atoms with Crippen molar-refractivity contribution < 1.29 is 13.2 Å². The molecule has 2 aliphatic rings. The highest BCUT2D eigenvalue weighted by atomic mass is 32.2. The number of aryl methyl sites for hydroxylation is 1. The smallest absolute Gasteiger partial charge is 0.253 e. The summed E-state index contributed by atoms with van der Waals surface area (Å²) in [6, 6.07) is 7.85. The number of benzene rings is 1. The zero-order valence-corrected chi connectivity index (χ0v) is 16.0. The van der Waals surface area contributed by atoms with Crippen LogP contribution in [0.15, 0.2) is 24.3 Å². The summed E-state index contributed by atoms with van der Waals surface area (Å²) in [5.74, 6) is 0.0162. The van der Waals surface area contributed by atoms with Crippen molar-refractivity contribution in [3.8, 4) is 0 Å². The van der Waals surface area contributed by atoms with Gasteiger partial charge in [-0.05, 0) is 49.8 Å². The van der Waals surface area contributed by atoms with E-state index in [1.54, 1.807) is 4.31 Å². The zero-order valence-electron chi connectivity index (χ0n) is 15.2. The third kappa shape index (κ3) is 3.75. The van der Waals surface area contributed by atoms with E-state index < -0.39 is 15.6 Å². The van der Waals surface area contributed by atoms with Crippen LogP contribution in [0.5, 0.6) is 0 Å². The highest BCUT2D eigenvalue weighted by Gasteiger charge is 2.48. The maximum absolute atomic E-state index is 12.9. The Morgan fingerprint density at radius 2 is 1.76 bits per heavy atom. The number of likely N-dealkylation sites (tertiary alicyclic amines) is 1. The van der Waals surface area contributed by atoms with Gasteiger partial charge < -0.3 is 4.90 Å². The molecule has 1 atom stereocenters. The molecule has 6 heteroatoms. The quantitative estimate of drug-likeness (QED) is 0.825. The molecule has 2 heterocycles. The second-order valence-electron chi connectivity index (χ2n) is 7.44. The minimum absolute atomic E-state index is 0.0162. The fourth-order valence-electron chi connectivity index (χ4n) is 4.41. The zero-order chi connectivity index (χ0) is 18.1. The number of carbonyl (C=O) groups excluding carboxylic acids is 1. The number of sulfonamides is 1. The Bertz CT molecular complexity index is 730. The molecule has 1 amide bonds. The molecule has 138 valence electrons. The number of amides is 1. The van der Waals surface area contributed by atoms with Gasteiger partial charge in [0, 0.05) is 25.2 Å². The molecule has 25 heavy (non-hydrogen) atoms. The number of rotatable bonds is 4. The fraction of sp³-hybridized carbons (Fsp3) is 0.632. The van der Waals surface area contributed by atoms with Gasteiger partial charge >= 0.3 is 0 Å². The molecular weight excluding hydrogens is 336 g/mol. The Hall–Kier alpha value is -1.40. The van der Waals surface area contributed by atoms with Gasteiger partial charge in [0.2, 0.25) is 10.0 Å². The van der Waals surface area contributed by atoms with Gasteiger partial charge in [-0.2, -0.15) is 4.31 Å². The fourth-order valence-corrected chi connectivity index (χ4v) is 5.81. The highest BCUT2D eigenvalue weighted by molar-refractivity contribution is 7.88. The van der Waals surface area contributed by atoms with E-state index in [0.29, 0.717) is 25.2 Å². The SMILES string of the molecule is CCCc1ccc(C(=O)N2CCCC3(CCCN3S(C)(=O)=O)C2)cc1. The molecule has 3 rings (SSSR count). The summed E-state index contributed by atoms with van der Waals surface area (Å²) >= 11 is 0. The number of carbonyl (C=O) groups is 1. The lowest BCUT2D eigenvalue weighted by Crippen LogP contribution is -2.58. The van der Waals surface area contributed by atoms with Crippen LogP contribution in [0.1, 0.15) is 54.9 Å². The third-order valence-corrected chi connectivity index (χ3v) is 6.89. The maximum atomic E-state index is 12.9. The van der Waals surface area contributed by atoms with Gasteiger partial charge in [0.1, 0.15) is 0 Å². The standard InChI is InChI=1S/C19H28N2O3S/c1-3-6-16-7-9-17(10-8-16)18(22)20-13-4-11-19(15-20)12-5-14-21(19)25(2,23)24/h7-10H,3-6,11-15H2,1-2H3. The van der Waals surface area contributed by atoms with Crippen molar-refractivity contribution in [2.45, 2.75) is 51.0 Å². The molecule has 1 unspecified atom stereocenters. The summed E-state index contributed by atoms with van der Waals surface area (Å²) in [5.41, 5.74) is 1.54. The molecule has 5 nitrogen and oxygen atoms in total. The number of piperidine rings is 1. The minimum atomic E-state index is -3.24. The first kappa shape index (κ1) is 18.4. The first-order chi connectivity index (χ1) is 11.9. The van der Waals surface area contributed by atoms with Crippen LogP contribution in [0, 0.1) is 0 Å². The van der Waals surface area contributed by atoms with Crippen molar-refractivity contribution in [2.75, 3.05) is 25.9 Å². The van der Waals surface area contributed by atoms with Crippen LogP contribution in [-0.4, -0.2) is 55.0 Å². The molecule has 0 radical (unpaired) electrons. The molecule has 0 saturated carbocycles. The molecule has 1 aromatic rings. The van der Waals surface area contributed by atoms with Gasteiger partial charge in [0.05, 0.1) is 11.8 Å². The van der Waals surface area contributed by atoms with Crippen LogP contribution in [0.2, 0.25) is 0 Å². The van der Waals surface area contributed by atoms with Crippen LogP contribution in [0.4, 0.5) is 0 Å². The topological polar surface area (TPSA) is 57.7 Å². The third-order valence-electron chi connectivity index (χ3n) is 5.51. The first-order valence-corrected chi connectivity index (χ1v) is 11.1. The van der Waals surface area contributed by atoms with Gasteiger partial charge in [-0.1, -0.05) is 25.5 Å². The molecule has 2 aliphatic heterocycles. The van der Waals surface area contributed by atoms with E-state index in [1.807, 2.05) is 29.2 Å². The number of hydrogen-bond acceptors (Lipinski definition) is 3. The second kappa shape index (κ2) is 7.08. The van der Waals surface area contributed by atoms with E-state index in [2.05, 4.69) is 6.92 Å². The molecule has 0 aromatic heterocycles. The van der Waals surface area contributed by atoms with E-state index in [9.17, 15) is 13.2 Å². The van der Waals surface area contributed by atoms with Gasteiger partial charge in [0.15, 0.2) is 0 Å². The molecule has 0 N–H and O–H groups in total. The Morgan fingerprint density at radius 1 is 1.12 bits per heavy atom. The Labute approximate surface area is 151 Å². The molecule has 0 bridgehead atoms. The van der Waals surface area contributed by atoms with Crippen LogP contribution in [-0.2, 0) is 16.4 Å². The summed E-state index contributed by atoms with van der Waals surface area (Å²) in [5, 5.41) is 0. The van der Waals surface area contributed by atoms with Gasteiger partial charge in [-0.15, -0.1) is 0 Å². The Balaban J connectivity index is 1.78. The van der Waals surface area contributed by atoms with Crippen molar-refractivity contribution in [1.29, 1.82) is 0 Å². The van der Waals surface area contributed by atoms with E-state index in [4.69, 9.17) is 0 Å². The minimum Gasteiger partial charge on any atom is -0.337 e. The van der Waals surface area contributed by atoms with E-state index in [-0.39, 0.29) is 5.91 Å². The molecular formula is C19H28N2O3S. The van der Waals surface area contributed by atoms with Crippen molar-refractivity contribution in [1.82, 2.24) is 9.21 Å². The first-order valence-electron chi connectivity index (χ1n) is 9.22. The van der Waals surface area contributed by atoms with Crippen LogP contribution in [0.25, 0.3) is 0 Å². The lowest BCUT2D eigenvalue weighted by atomic mass is 9.87. The average molecular weight is 365 g/mol. The normalized spacial score (nSPS) is 24.8. The lowest BCUT2D eigenvalue weighted by molar-refractivity contribution is 0.0524. The largest absolute Gasteiger partial charge is 0.337 e. The van der Waals surface area contributed by atoms with Crippen molar-refractivity contribution in [3.05, 3.63) is 35.4 Å². The number of nitrogens with zero attached hydrogens (tertiary/aromatic N) is 2. The van der Waals surface area contributed by atoms with Crippen molar-refractivity contribution in [3.63, 3.8) is 0 Å². The average Bonchev–Trinajstić information content (AvgIpc) is 2.98. The van der Waals surface area contributed by atoms with Crippen LogP contribution < -0.4 is 0 Å². The van der Waals surface area contributed by atoms with Crippen LogP contribution in [0.3, 0.4) is 0 Å². The lowest BCUT2D eigenvalue weighted by Gasteiger charge is -2.44. The van der Waals surface area contributed by atoms with E-state index in [0.717, 1.165) is 38.5 Å². The van der Waals surface area contributed by atoms with Crippen LogP contribution >= 0.6 is 0 Å². The predicted molar refractivity (Wildman–Crippen MR) is 99.1 cm³/mol. The summed E-state index contributed by atoms with van der Waals surface area (Å²) < 4.78 is 26.0. The molecule has 1 aromatic carbocycles. The summed E-state index contributed by atoms with van der Waals surface area (Å²) in [7, 11) is -3.24. The Kier molecular flexibility index (Phi) is 5.21. The van der Waals surface area contributed by atoms with E-state index in [1.165, 1.54) is 11.8 Å². The Morgan fingerprint density at radius 3 is 2.36 bits per heavy atom. The monoisotopic (exact) mass is 364 g/mol. The van der Waals surface area contributed by atoms with E-state index >= 15 is 0 Å². The molecule has 2 fully saturated rings. The van der Waals surface area contributed by atoms with Gasteiger partial charge in [-0.25, -0.2) is 8.42 Å². The van der Waals surface area contributed by atoms with Crippen molar-refractivity contribution >= 4 is 15.9 Å². The van der Waals surface area contributed by atoms with Crippen molar-refractivity contribution in [2.24, 2.45) is 0 Å². The van der Waals surface area contributed by atoms with Gasteiger partial charge in [-0.3, -0.25) is 4.79 Å². The summed E-state index contributed by atoms with van der Waals surface area (Å²) in [6.45, 7) is 3.93. The summed E-state index contributed by atoms with van der Waals surface area (Å²) in [6.07, 6.45) is 6.81. The van der Waals surface area contributed by atoms with Gasteiger partial charge in [0.25, 0.3) is 5.91 Å².